The molecule has 25 heavy (non-hydrogen) atoms. The number of para-hydroxylation sites is 1. The van der Waals surface area contributed by atoms with Crippen LogP contribution in [0.3, 0.4) is 0 Å². The van der Waals surface area contributed by atoms with Crippen LogP contribution in [0, 0.1) is 0 Å². The molecular weight excluding hydrogens is 314 g/mol. The van der Waals surface area contributed by atoms with Crippen LogP contribution in [-0.2, 0) is 11.3 Å². The van der Waals surface area contributed by atoms with E-state index in [9.17, 15) is 4.79 Å². The Morgan fingerprint density at radius 3 is 2.60 bits per heavy atom. The summed E-state index contributed by atoms with van der Waals surface area (Å²) in [6.07, 6.45) is 0. The normalized spacial score (nSPS) is 11.9. The molecule has 0 saturated carbocycles. The maximum absolute atomic E-state index is 12.1. The van der Waals surface area contributed by atoms with Gasteiger partial charge in [0.05, 0.1) is 11.2 Å². The summed E-state index contributed by atoms with van der Waals surface area (Å²) < 4.78 is 1.56. The number of rotatable bonds is 5. The number of benzene rings is 2. The molecule has 0 aliphatic rings. The topological polar surface area (TPSA) is 72.2 Å². The Morgan fingerprint density at radius 1 is 1.16 bits per heavy atom. The summed E-state index contributed by atoms with van der Waals surface area (Å²) >= 11 is 0. The molecule has 1 heterocycles. The molecule has 0 saturated heterocycles. The van der Waals surface area contributed by atoms with Crippen LogP contribution in [0.2, 0.25) is 0 Å². The second-order valence-corrected chi connectivity index (χ2v) is 6.24. The van der Waals surface area contributed by atoms with Crippen LogP contribution in [0.15, 0.2) is 53.6 Å². The van der Waals surface area contributed by atoms with Crippen molar-refractivity contribution in [2.75, 3.05) is 0 Å². The van der Waals surface area contributed by atoms with E-state index in [1.165, 1.54) is 5.56 Å². The number of nitrogens with zero attached hydrogens (tertiary/aromatic N) is 4. The highest BCUT2D eigenvalue weighted by Gasteiger charge is 2.08. The van der Waals surface area contributed by atoms with Gasteiger partial charge in [0.2, 0.25) is 0 Å². The molecule has 0 fully saturated rings. The van der Waals surface area contributed by atoms with Crippen molar-refractivity contribution in [2.45, 2.75) is 33.2 Å². The van der Waals surface area contributed by atoms with E-state index in [-0.39, 0.29) is 12.5 Å². The van der Waals surface area contributed by atoms with Crippen molar-refractivity contribution in [2.24, 2.45) is 5.10 Å². The van der Waals surface area contributed by atoms with Crippen LogP contribution in [0.4, 0.5) is 0 Å². The van der Waals surface area contributed by atoms with E-state index in [1.807, 2.05) is 43.3 Å². The zero-order valence-corrected chi connectivity index (χ0v) is 14.6. The number of carbonyl (C=O) groups is 1. The molecule has 128 valence electrons. The molecule has 0 atom stereocenters. The number of amides is 1. The van der Waals surface area contributed by atoms with Crippen LogP contribution in [0.25, 0.3) is 11.0 Å². The summed E-state index contributed by atoms with van der Waals surface area (Å²) in [5.74, 6) is 0.248. The Morgan fingerprint density at radius 2 is 1.88 bits per heavy atom. The van der Waals surface area contributed by atoms with Crippen LogP contribution in [-0.4, -0.2) is 26.6 Å². The first-order valence-electron chi connectivity index (χ1n) is 8.26. The number of hydrogen-bond donors (Lipinski definition) is 1. The van der Waals surface area contributed by atoms with E-state index in [4.69, 9.17) is 0 Å². The van der Waals surface area contributed by atoms with E-state index in [2.05, 4.69) is 46.8 Å². The molecule has 0 aliphatic carbocycles. The quantitative estimate of drug-likeness (QED) is 0.575. The van der Waals surface area contributed by atoms with Crippen molar-refractivity contribution >= 4 is 22.7 Å². The average Bonchev–Trinajstić information content (AvgIpc) is 3.03. The van der Waals surface area contributed by atoms with Crippen molar-refractivity contribution in [1.29, 1.82) is 0 Å². The maximum Gasteiger partial charge on any atom is 0.261 e. The lowest BCUT2D eigenvalue weighted by Crippen LogP contribution is -2.24. The molecule has 1 amide bonds. The molecule has 0 bridgehead atoms. The van der Waals surface area contributed by atoms with Gasteiger partial charge in [-0.2, -0.15) is 5.10 Å². The zero-order valence-electron chi connectivity index (χ0n) is 14.6. The highest BCUT2D eigenvalue weighted by atomic mass is 16.2. The smallest absolute Gasteiger partial charge is 0.261 e. The van der Waals surface area contributed by atoms with Gasteiger partial charge < -0.3 is 0 Å². The lowest BCUT2D eigenvalue weighted by atomic mass is 10.0. The van der Waals surface area contributed by atoms with Crippen LogP contribution >= 0.6 is 0 Å². The minimum atomic E-state index is -0.242. The van der Waals surface area contributed by atoms with Gasteiger partial charge in [0.15, 0.2) is 0 Å². The number of aromatic nitrogens is 3. The summed E-state index contributed by atoms with van der Waals surface area (Å²) in [5, 5.41) is 12.2. The zero-order chi connectivity index (χ0) is 17.8. The van der Waals surface area contributed by atoms with Gasteiger partial charge in [-0.1, -0.05) is 55.5 Å². The first kappa shape index (κ1) is 16.8. The van der Waals surface area contributed by atoms with Gasteiger partial charge in [0, 0.05) is 0 Å². The minimum Gasteiger partial charge on any atom is -0.271 e. The van der Waals surface area contributed by atoms with Crippen molar-refractivity contribution < 1.29 is 4.79 Å². The Balaban J connectivity index is 1.65. The number of hydrazone groups is 1. The Labute approximate surface area is 146 Å². The van der Waals surface area contributed by atoms with Crippen molar-refractivity contribution in [3.05, 3.63) is 59.7 Å². The molecule has 0 aliphatic heterocycles. The molecule has 0 radical (unpaired) electrons. The van der Waals surface area contributed by atoms with Gasteiger partial charge in [-0.05, 0) is 36.1 Å². The molecule has 1 aromatic heterocycles. The Kier molecular flexibility index (Phi) is 4.88. The number of hydrogen-bond acceptors (Lipinski definition) is 4. The fourth-order valence-electron chi connectivity index (χ4n) is 2.53. The minimum absolute atomic E-state index is 0.0730. The first-order valence-corrected chi connectivity index (χ1v) is 8.26. The van der Waals surface area contributed by atoms with Gasteiger partial charge in [0.1, 0.15) is 12.1 Å². The van der Waals surface area contributed by atoms with E-state index < -0.39 is 0 Å². The number of carbonyl (C=O) groups excluding carboxylic acids is 1. The van der Waals surface area contributed by atoms with Gasteiger partial charge in [-0.15, -0.1) is 5.10 Å². The average molecular weight is 335 g/mol. The van der Waals surface area contributed by atoms with Gasteiger partial charge in [0.25, 0.3) is 5.91 Å². The summed E-state index contributed by atoms with van der Waals surface area (Å²) in [6, 6.07) is 15.7. The number of nitrogens with one attached hydrogen (secondary N) is 1. The van der Waals surface area contributed by atoms with Crippen LogP contribution < -0.4 is 5.43 Å². The van der Waals surface area contributed by atoms with Gasteiger partial charge in [-0.25, -0.2) is 10.1 Å². The van der Waals surface area contributed by atoms with Crippen LogP contribution in [0.1, 0.15) is 37.8 Å². The predicted molar refractivity (Wildman–Crippen MR) is 98.4 cm³/mol. The predicted octanol–water partition coefficient (Wildman–Crippen LogP) is 3.10. The molecule has 2 aromatic carbocycles. The van der Waals surface area contributed by atoms with E-state index in [0.29, 0.717) is 5.92 Å². The largest absolute Gasteiger partial charge is 0.271 e. The van der Waals surface area contributed by atoms with Gasteiger partial charge in [-0.3, -0.25) is 4.79 Å². The summed E-state index contributed by atoms with van der Waals surface area (Å²) in [5.41, 5.74) is 7.18. The second-order valence-electron chi connectivity index (χ2n) is 6.24. The highest BCUT2D eigenvalue weighted by molar-refractivity contribution is 5.99. The van der Waals surface area contributed by atoms with E-state index >= 15 is 0 Å². The standard InChI is InChI=1S/C19H21N5O/c1-13(2)15-8-10-16(11-9-15)14(3)20-22-19(25)12-24-18-7-5-4-6-17(18)21-23-24/h4-11,13H,12H2,1-3H3,(H,22,25)/b20-14-. The highest BCUT2D eigenvalue weighted by Crippen LogP contribution is 2.15. The van der Waals surface area contributed by atoms with Crippen LogP contribution in [0.5, 0.6) is 0 Å². The van der Waals surface area contributed by atoms with Gasteiger partial charge >= 0.3 is 0 Å². The van der Waals surface area contributed by atoms with Crippen molar-refractivity contribution in [3.8, 4) is 0 Å². The Bertz CT molecular complexity index is 909. The van der Waals surface area contributed by atoms with Crippen molar-refractivity contribution in [1.82, 2.24) is 20.4 Å². The SMILES string of the molecule is C/C(=N/NC(=O)Cn1nnc2ccccc21)c1ccc(C(C)C)cc1. The van der Waals surface area contributed by atoms with Crippen molar-refractivity contribution in [3.63, 3.8) is 0 Å². The molecule has 1 N–H and O–H groups in total. The molecule has 0 unspecified atom stereocenters. The maximum atomic E-state index is 12.1. The molecule has 0 spiro atoms. The monoisotopic (exact) mass is 335 g/mol. The molecule has 6 heteroatoms. The molecule has 3 aromatic rings. The summed E-state index contributed by atoms with van der Waals surface area (Å²) in [6.45, 7) is 6.26. The summed E-state index contributed by atoms with van der Waals surface area (Å²) in [4.78, 5) is 12.1. The third kappa shape index (κ3) is 3.91. The number of fused-ring (bicyclic) bond motifs is 1. The third-order valence-electron chi connectivity index (χ3n) is 4.06. The van der Waals surface area contributed by atoms with E-state index in [0.717, 1.165) is 22.3 Å². The fraction of sp³-hybridized carbons (Fsp3) is 0.263. The Hall–Kier alpha value is -3.02. The fourth-order valence-corrected chi connectivity index (χ4v) is 2.53. The molecule has 6 nitrogen and oxygen atoms in total. The lowest BCUT2D eigenvalue weighted by molar-refractivity contribution is -0.121. The molecule has 3 rings (SSSR count). The third-order valence-corrected chi connectivity index (χ3v) is 4.06. The lowest BCUT2D eigenvalue weighted by Gasteiger charge is -2.07. The summed E-state index contributed by atoms with van der Waals surface area (Å²) in [7, 11) is 0. The van der Waals surface area contributed by atoms with E-state index in [1.54, 1.807) is 4.68 Å². The first-order chi connectivity index (χ1) is 12.0. The second kappa shape index (κ2) is 7.25. The molecular formula is C19H21N5O.